The zero-order valence-electron chi connectivity index (χ0n) is 11.3. The molecule has 3 rings (SSSR count). The Labute approximate surface area is 121 Å². The van der Waals surface area contributed by atoms with Crippen molar-refractivity contribution in [2.75, 3.05) is 6.54 Å². The van der Waals surface area contributed by atoms with Crippen molar-refractivity contribution < 1.29 is 4.79 Å². The van der Waals surface area contributed by atoms with Crippen LogP contribution in [0.5, 0.6) is 0 Å². The summed E-state index contributed by atoms with van der Waals surface area (Å²) in [5.74, 6) is -0.0450. The van der Waals surface area contributed by atoms with Gasteiger partial charge in [-0.15, -0.1) is 0 Å². The molecular weight excluding hydrogens is 272 g/mol. The Hall–Kier alpha value is -1.88. The summed E-state index contributed by atoms with van der Waals surface area (Å²) in [6, 6.07) is 5.36. The highest BCUT2D eigenvalue weighted by Gasteiger charge is 2.30. The summed E-state index contributed by atoms with van der Waals surface area (Å²) in [4.78, 5) is 26.1. The Bertz CT molecular complexity index is 675. The van der Waals surface area contributed by atoms with Gasteiger partial charge in [0, 0.05) is 31.4 Å². The number of thiophene rings is 1. The molecule has 1 amide bonds. The Kier molecular flexibility index (Phi) is 3.44. The van der Waals surface area contributed by atoms with Crippen molar-refractivity contribution in [1.29, 1.82) is 0 Å². The first kappa shape index (κ1) is 13.1. The van der Waals surface area contributed by atoms with Crippen LogP contribution in [0.4, 0.5) is 0 Å². The fourth-order valence-electron chi connectivity index (χ4n) is 2.67. The van der Waals surface area contributed by atoms with Crippen LogP contribution in [0.2, 0.25) is 0 Å². The van der Waals surface area contributed by atoms with Gasteiger partial charge in [-0.1, -0.05) is 0 Å². The van der Waals surface area contributed by atoms with Crippen molar-refractivity contribution in [1.82, 2.24) is 9.47 Å². The summed E-state index contributed by atoms with van der Waals surface area (Å²) < 4.78 is 1.47. The molecule has 1 unspecified atom stereocenters. The van der Waals surface area contributed by atoms with E-state index < -0.39 is 0 Å². The average molecular weight is 288 g/mol. The molecule has 2 aromatic rings. The first-order valence-corrected chi connectivity index (χ1v) is 7.61. The fraction of sp³-hybridized carbons (Fsp3) is 0.333. The van der Waals surface area contributed by atoms with Crippen molar-refractivity contribution in [2.24, 2.45) is 7.05 Å². The van der Waals surface area contributed by atoms with Gasteiger partial charge in [0.1, 0.15) is 0 Å². The quantitative estimate of drug-likeness (QED) is 0.851. The monoisotopic (exact) mass is 288 g/mol. The second-order valence-corrected chi connectivity index (χ2v) is 5.86. The number of rotatable bonds is 2. The van der Waals surface area contributed by atoms with Gasteiger partial charge in [0.05, 0.1) is 6.04 Å². The zero-order valence-corrected chi connectivity index (χ0v) is 12.1. The molecule has 0 aliphatic carbocycles. The fourth-order valence-corrected chi connectivity index (χ4v) is 3.38. The van der Waals surface area contributed by atoms with E-state index in [0.717, 1.165) is 19.4 Å². The number of nitrogens with zero attached hydrogens (tertiary/aromatic N) is 2. The predicted molar refractivity (Wildman–Crippen MR) is 79.0 cm³/mol. The lowest BCUT2D eigenvalue weighted by Gasteiger charge is -2.24. The maximum Gasteiger partial charge on any atom is 0.254 e. The molecule has 4 nitrogen and oxygen atoms in total. The zero-order chi connectivity index (χ0) is 14.1. The lowest BCUT2D eigenvalue weighted by Crippen LogP contribution is -2.31. The molecule has 1 atom stereocenters. The van der Waals surface area contributed by atoms with Crippen LogP contribution in [-0.4, -0.2) is 21.9 Å². The molecule has 20 heavy (non-hydrogen) atoms. The van der Waals surface area contributed by atoms with Gasteiger partial charge >= 0.3 is 0 Å². The number of pyridine rings is 1. The third kappa shape index (κ3) is 2.29. The summed E-state index contributed by atoms with van der Waals surface area (Å²) in [7, 11) is 1.68. The number of aryl methyl sites for hydroxylation is 1. The molecule has 2 aromatic heterocycles. The van der Waals surface area contributed by atoms with E-state index in [2.05, 4.69) is 11.4 Å². The van der Waals surface area contributed by atoms with Crippen LogP contribution < -0.4 is 5.56 Å². The van der Waals surface area contributed by atoms with Gasteiger partial charge in [-0.2, -0.15) is 11.3 Å². The summed E-state index contributed by atoms with van der Waals surface area (Å²) in [5.41, 5.74) is 1.53. The third-order valence-corrected chi connectivity index (χ3v) is 4.49. The number of hydrogen-bond acceptors (Lipinski definition) is 3. The topological polar surface area (TPSA) is 42.3 Å². The lowest BCUT2D eigenvalue weighted by molar-refractivity contribution is 0.0735. The molecule has 1 fully saturated rings. The standard InChI is InChI=1S/C15H16N2O2S/c1-16-7-4-11(9-14(16)18)15(19)17-6-2-3-13(17)12-5-8-20-10-12/h4-5,7-10,13H,2-3,6H2,1H3. The van der Waals surface area contributed by atoms with Crippen LogP contribution in [0, 0.1) is 0 Å². The SMILES string of the molecule is Cn1ccc(C(=O)N2CCCC2c2ccsc2)cc1=O. The minimum Gasteiger partial charge on any atom is -0.332 e. The van der Waals surface area contributed by atoms with Gasteiger partial charge in [-0.3, -0.25) is 9.59 Å². The number of likely N-dealkylation sites (tertiary alicyclic amines) is 1. The Morgan fingerprint density at radius 1 is 1.40 bits per heavy atom. The number of aromatic nitrogens is 1. The second kappa shape index (κ2) is 5.25. The van der Waals surface area contributed by atoms with Crippen LogP contribution in [0.1, 0.15) is 34.8 Å². The molecule has 5 heteroatoms. The van der Waals surface area contributed by atoms with E-state index in [4.69, 9.17) is 0 Å². The van der Waals surface area contributed by atoms with E-state index in [1.807, 2.05) is 10.3 Å². The number of amides is 1. The van der Waals surface area contributed by atoms with E-state index >= 15 is 0 Å². The van der Waals surface area contributed by atoms with Gasteiger partial charge in [-0.05, 0) is 41.3 Å². The van der Waals surface area contributed by atoms with E-state index in [1.165, 1.54) is 16.2 Å². The summed E-state index contributed by atoms with van der Waals surface area (Å²) in [6.07, 6.45) is 3.65. The normalized spacial score (nSPS) is 18.4. The van der Waals surface area contributed by atoms with Crippen molar-refractivity contribution in [3.05, 3.63) is 56.6 Å². The molecule has 0 saturated carbocycles. The van der Waals surface area contributed by atoms with Crippen molar-refractivity contribution >= 4 is 17.2 Å². The van der Waals surface area contributed by atoms with Crippen LogP contribution in [0.3, 0.4) is 0 Å². The molecule has 0 bridgehead atoms. The van der Waals surface area contributed by atoms with E-state index in [9.17, 15) is 9.59 Å². The minimum atomic E-state index is -0.151. The first-order chi connectivity index (χ1) is 9.66. The molecule has 0 spiro atoms. The number of hydrogen-bond donors (Lipinski definition) is 0. The van der Waals surface area contributed by atoms with E-state index in [1.54, 1.807) is 30.6 Å². The Balaban J connectivity index is 1.89. The molecular formula is C15H16N2O2S. The number of carbonyl (C=O) groups excluding carboxylic acids is 1. The molecule has 0 N–H and O–H groups in total. The molecule has 104 valence electrons. The molecule has 1 aliphatic heterocycles. The van der Waals surface area contributed by atoms with Crippen molar-refractivity contribution in [2.45, 2.75) is 18.9 Å². The van der Waals surface area contributed by atoms with Gasteiger partial charge in [-0.25, -0.2) is 0 Å². The Morgan fingerprint density at radius 3 is 2.95 bits per heavy atom. The van der Waals surface area contributed by atoms with Crippen LogP contribution in [0.25, 0.3) is 0 Å². The molecule has 0 radical (unpaired) electrons. The largest absolute Gasteiger partial charge is 0.332 e. The lowest BCUT2D eigenvalue weighted by atomic mass is 10.1. The summed E-state index contributed by atoms with van der Waals surface area (Å²) in [5, 5.41) is 4.13. The second-order valence-electron chi connectivity index (χ2n) is 5.08. The predicted octanol–water partition coefficient (Wildman–Crippen LogP) is 2.42. The highest BCUT2D eigenvalue weighted by atomic mass is 32.1. The molecule has 1 aliphatic rings. The Morgan fingerprint density at radius 2 is 2.25 bits per heavy atom. The summed E-state index contributed by atoms with van der Waals surface area (Å²) >= 11 is 1.65. The molecule has 0 aromatic carbocycles. The van der Waals surface area contributed by atoms with Crippen LogP contribution in [0.15, 0.2) is 40.0 Å². The van der Waals surface area contributed by atoms with Gasteiger partial charge in [0.2, 0.25) is 0 Å². The third-order valence-electron chi connectivity index (χ3n) is 3.79. The van der Waals surface area contributed by atoms with Gasteiger partial charge in [0.25, 0.3) is 11.5 Å². The maximum atomic E-state index is 12.6. The van der Waals surface area contributed by atoms with E-state index in [0.29, 0.717) is 5.56 Å². The maximum absolute atomic E-state index is 12.6. The minimum absolute atomic E-state index is 0.0450. The summed E-state index contributed by atoms with van der Waals surface area (Å²) in [6.45, 7) is 0.758. The molecule has 1 saturated heterocycles. The average Bonchev–Trinajstić information content (AvgIpc) is 3.10. The van der Waals surface area contributed by atoms with Gasteiger partial charge < -0.3 is 9.47 Å². The molecule has 3 heterocycles. The van der Waals surface area contributed by atoms with E-state index in [-0.39, 0.29) is 17.5 Å². The highest BCUT2D eigenvalue weighted by Crippen LogP contribution is 2.33. The van der Waals surface area contributed by atoms with Crippen molar-refractivity contribution in [3.8, 4) is 0 Å². The van der Waals surface area contributed by atoms with Crippen molar-refractivity contribution in [3.63, 3.8) is 0 Å². The van der Waals surface area contributed by atoms with Gasteiger partial charge in [0.15, 0.2) is 0 Å². The highest BCUT2D eigenvalue weighted by molar-refractivity contribution is 7.07. The number of carbonyl (C=O) groups is 1. The van der Waals surface area contributed by atoms with Crippen LogP contribution in [-0.2, 0) is 7.05 Å². The van der Waals surface area contributed by atoms with Crippen LogP contribution >= 0.6 is 11.3 Å². The first-order valence-electron chi connectivity index (χ1n) is 6.66. The smallest absolute Gasteiger partial charge is 0.254 e.